The van der Waals surface area contributed by atoms with E-state index in [1.54, 1.807) is 31.3 Å². The van der Waals surface area contributed by atoms with Crippen molar-refractivity contribution in [1.82, 2.24) is 4.90 Å². The molecule has 1 aliphatic heterocycles. The van der Waals surface area contributed by atoms with E-state index in [0.717, 1.165) is 0 Å². The fourth-order valence-electron chi connectivity index (χ4n) is 1.46. The largest absolute Gasteiger partial charge is 0.308 e. The number of Topliss-reactive ketones (excluding diaryl/α,β-unsaturated/α-hetero) is 1. The first-order valence-electron chi connectivity index (χ1n) is 5.00. The van der Waals surface area contributed by atoms with Crippen LogP contribution in [0.4, 0.5) is 0 Å². The molecule has 3 nitrogen and oxygen atoms in total. The molecule has 1 aromatic rings. The molecule has 1 heterocycles. The summed E-state index contributed by atoms with van der Waals surface area (Å²) < 4.78 is 0. The lowest BCUT2D eigenvalue weighted by Gasteiger charge is -2.11. The first-order chi connectivity index (χ1) is 8.11. The minimum absolute atomic E-state index is 0.0380. The van der Waals surface area contributed by atoms with Crippen LogP contribution in [0.25, 0.3) is 0 Å². The second-order valence-corrected chi connectivity index (χ2v) is 4.90. The lowest BCUT2D eigenvalue weighted by molar-refractivity contribution is -0.124. The molecule has 5 heteroatoms. The number of rotatable bonds is 2. The number of ketones is 1. The summed E-state index contributed by atoms with van der Waals surface area (Å²) in [6, 6.07) is 8.79. The lowest BCUT2D eigenvalue weighted by atomic mass is 10.1. The van der Waals surface area contributed by atoms with E-state index < -0.39 is 0 Å². The molecule has 0 N–H and O–H groups in total. The van der Waals surface area contributed by atoms with Crippen molar-refractivity contribution in [3.8, 4) is 0 Å². The number of benzene rings is 1. The van der Waals surface area contributed by atoms with Gasteiger partial charge in [0.15, 0.2) is 0 Å². The van der Waals surface area contributed by atoms with Crippen molar-refractivity contribution < 1.29 is 9.59 Å². The van der Waals surface area contributed by atoms with Gasteiger partial charge in [-0.25, -0.2) is 0 Å². The molecule has 0 aromatic heterocycles. The minimum atomic E-state index is -0.253. The highest BCUT2D eigenvalue weighted by molar-refractivity contribution is 8.04. The topological polar surface area (TPSA) is 37.4 Å². The Morgan fingerprint density at radius 1 is 1.35 bits per heavy atom. The SMILES string of the molecule is CN1C(=O)CS/C1=C(/Cl)C(=O)c1ccccc1. The van der Waals surface area contributed by atoms with E-state index in [0.29, 0.717) is 16.3 Å². The highest BCUT2D eigenvalue weighted by Crippen LogP contribution is 2.33. The Morgan fingerprint density at radius 3 is 2.53 bits per heavy atom. The van der Waals surface area contributed by atoms with Crippen LogP contribution in [0.3, 0.4) is 0 Å². The Balaban J connectivity index is 2.32. The van der Waals surface area contributed by atoms with Gasteiger partial charge in [0.05, 0.1) is 5.75 Å². The number of nitrogens with zero attached hydrogens (tertiary/aromatic N) is 1. The average molecular weight is 268 g/mol. The van der Waals surface area contributed by atoms with Gasteiger partial charge in [-0.05, 0) is 0 Å². The molecule has 0 saturated carbocycles. The summed E-state index contributed by atoms with van der Waals surface area (Å²) in [7, 11) is 1.62. The lowest BCUT2D eigenvalue weighted by Crippen LogP contribution is -2.20. The fourth-order valence-corrected chi connectivity index (χ4v) is 2.83. The maximum atomic E-state index is 12.0. The second-order valence-electron chi connectivity index (χ2n) is 3.56. The van der Waals surface area contributed by atoms with Gasteiger partial charge in [-0.2, -0.15) is 0 Å². The van der Waals surface area contributed by atoms with Crippen molar-refractivity contribution >= 4 is 35.1 Å². The molecule has 1 saturated heterocycles. The van der Waals surface area contributed by atoms with E-state index in [4.69, 9.17) is 11.6 Å². The number of carbonyl (C=O) groups excluding carboxylic acids is 2. The number of thioether (sulfide) groups is 1. The molecular weight excluding hydrogens is 258 g/mol. The molecular formula is C12H10ClNO2S. The third-order valence-electron chi connectivity index (χ3n) is 2.43. The van der Waals surface area contributed by atoms with Gasteiger partial charge in [0, 0.05) is 12.6 Å². The van der Waals surface area contributed by atoms with Gasteiger partial charge in [-0.15, -0.1) is 0 Å². The van der Waals surface area contributed by atoms with Crippen molar-refractivity contribution in [3.63, 3.8) is 0 Å². The monoisotopic (exact) mass is 267 g/mol. The molecule has 0 spiro atoms. The van der Waals surface area contributed by atoms with Crippen molar-refractivity contribution in [2.75, 3.05) is 12.8 Å². The maximum absolute atomic E-state index is 12.0. The molecule has 0 aliphatic carbocycles. The predicted octanol–water partition coefficient (Wildman–Crippen LogP) is 2.48. The zero-order valence-corrected chi connectivity index (χ0v) is 10.7. The van der Waals surface area contributed by atoms with Gasteiger partial charge in [-0.1, -0.05) is 53.7 Å². The number of hydrogen-bond acceptors (Lipinski definition) is 3. The van der Waals surface area contributed by atoms with Crippen LogP contribution in [0.1, 0.15) is 10.4 Å². The first-order valence-corrected chi connectivity index (χ1v) is 6.36. The molecule has 2 rings (SSSR count). The van der Waals surface area contributed by atoms with Crippen LogP contribution in [0.15, 0.2) is 40.4 Å². The van der Waals surface area contributed by atoms with Crippen LogP contribution in [-0.2, 0) is 4.79 Å². The predicted molar refractivity (Wildman–Crippen MR) is 68.9 cm³/mol. The summed E-state index contributed by atoms with van der Waals surface area (Å²) in [5, 5.41) is 0.639. The number of amides is 1. The van der Waals surface area contributed by atoms with E-state index >= 15 is 0 Å². The fraction of sp³-hybridized carbons (Fsp3) is 0.167. The summed E-state index contributed by atoms with van der Waals surface area (Å²) in [4.78, 5) is 24.8. The van der Waals surface area contributed by atoms with Crippen LogP contribution in [0, 0.1) is 0 Å². The summed E-state index contributed by atoms with van der Waals surface area (Å²) in [5.74, 6) is 0.0461. The molecule has 88 valence electrons. The van der Waals surface area contributed by atoms with Crippen molar-refractivity contribution in [1.29, 1.82) is 0 Å². The Labute approximate surface area is 108 Å². The first kappa shape index (κ1) is 12.2. The van der Waals surface area contributed by atoms with Crippen LogP contribution >= 0.6 is 23.4 Å². The molecule has 1 fully saturated rings. The molecule has 0 atom stereocenters. The standard InChI is InChI=1S/C12H10ClNO2S/c1-14-9(15)7-17-12(14)10(13)11(16)8-5-3-2-4-6-8/h2-6H,7H2,1H3/b12-10+. The molecule has 0 bridgehead atoms. The quantitative estimate of drug-likeness (QED) is 0.610. The van der Waals surface area contributed by atoms with Gasteiger partial charge < -0.3 is 4.90 Å². The smallest absolute Gasteiger partial charge is 0.237 e. The molecule has 17 heavy (non-hydrogen) atoms. The van der Waals surface area contributed by atoms with Gasteiger partial charge in [-0.3, -0.25) is 9.59 Å². The Bertz CT molecular complexity index is 498. The van der Waals surface area contributed by atoms with E-state index in [-0.39, 0.29) is 16.7 Å². The van der Waals surface area contributed by atoms with Crippen molar-refractivity contribution in [2.24, 2.45) is 0 Å². The highest BCUT2D eigenvalue weighted by Gasteiger charge is 2.28. The van der Waals surface area contributed by atoms with E-state index in [2.05, 4.69) is 0 Å². The van der Waals surface area contributed by atoms with Gasteiger partial charge in [0.1, 0.15) is 10.1 Å². The van der Waals surface area contributed by atoms with Crippen LogP contribution < -0.4 is 0 Å². The van der Waals surface area contributed by atoms with Crippen molar-refractivity contribution in [3.05, 3.63) is 46.0 Å². The molecule has 1 amide bonds. The number of hydrogen-bond donors (Lipinski definition) is 0. The molecule has 1 aliphatic rings. The minimum Gasteiger partial charge on any atom is -0.308 e. The molecule has 0 unspecified atom stereocenters. The summed E-state index contributed by atoms with van der Waals surface area (Å²) in [6.45, 7) is 0. The zero-order valence-electron chi connectivity index (χ0n) is 9.14. The van der Waals surface area contributed by atoms with E-state index in [1.807, 2.05) is 6.07 Å². The van der Waals surface area contributed by atoms with Gasteiger partial charge in [0.25, 0.3) is 0 Å². The Kier molecular flexibility index (Phi) is 3.54. The average Bonchev–Trinajstić information content (AvgIpc) is 2.69. The summed E-state index contributed by atoms with van der Waals surface area (Å²) >= 11 is 7.34. The zero-order chi connectivity index (χ0) is 12.4. The second kappa shape index (κ2) is 4.94. The van der Waals surface area contributed by atoms with Crippen LogP contribution in [0.2, 0.25) is 0 Å². The normalized spacial score (nSPS) is 18.5. The highest BCUT2D eigenvalue weighted by atomic mass is 35.5. The number of allylic oxidation sites excluding steroid dienone is 1. The van der Waals surface area contributed by atoms with Gasteiger partial charge in [0.2, 0.25) is 11.7 Å². The number of carbonyl (C=O) groups is 2. The van der Waals surface area contributed by atoms with Crippen LogP contribution in [-0.4, -0.2) is 29.4 Å². The molecule has 1 aromatic carbocycles. The molecule has 0 radical (unpaired) electrons. The van der Waals surface area contributed by atoms with Crippen LogP contribution in [0.5, 0.6) is 0 Å². The van der Waals surface area contributed by atoms with Gasteiger partial charge >= 0.3 is 0 Å². The third-order valence-corrected chi connectivity index (χ3v) is 4.04. The van der Waals surface area contributed by atoms with Crippen molar-refractivity contribution in [2.45, 2.75) is 0 Å². The Morgan fingerprint density at radius 2 is 2.00 bits per heavy atom. The maximum Gasteiger partial charge on any atom is 0.237 e. The third kappa shape index (κ3) is 2.37. The number of halogens is 1. The Hall–Kier alpha value is -1.26. The van der Waals surface area contributed by atoms with E-state index in [9.17, 15) is 9.59 Å². The summed E-state index contributed by atoms with van der Waals surface area (Å²) in [6.07, 6.45) is 0. The summed E-state index contributed by atoms with van der Waals surface area (Å²) in [5.41, 5.74) is 0.526. The van der Waals surface area contributed by atoms with E-state index in [1.165, 1.54) is 16.7 Å².